The van der Waals surface area contributed by atoms with Crippen LogP contribution in [-0.2, 0) is 14.3 Å². The first kappa shape index (κ1) is 11.9. The van der Waals surface area contributed by atoms with E-state index in [1.165, 1.54) is 6.42 Å². The molecule has 2 saturated carbocycles. The molecule has 3 heteroatoms. The Kier molecular flexibility index (Phi) is 2.80. The zero-order valence-corrected chi connectivity index (χ0v) is 11.0. The van der Waals surface area contributed by atoms with E-state index in [1.54, 1.807) is 0 Å². The van der Waals surface area contributed by atoms with Crippen LogP contribution in [0.3, 0.4) is 0 Å². The van der Waals surface area contributed by atoms with Crippen molar-refractivity contribution in [2.75, 3.05) is 0 Å². The number of cyclic esters (lactones) is 2. The van der Waals surface area contributed by atoms with Gasteiger partial charge in [0.25, 0.3) is 0 Å². The van der Waals surface area contributed by atoms with Crippen molar-refractivity contribution in [3.8, 4) is 0 Å². The Hall–Kier alpha value is -1.12. The zero-order valence-electron chi connectivity index (χ0n) is 11.0. The van der Waals surface area contributed by atoms with E-state index in [4.69, 9.17) is 4.74 Å². The molecular weight excluding hydrogens is 228 g/mol. The van der Waals surface area contributed by atoms with Crippen LogP contribution in [0, 0.1) is 35.5 Å². The third-order valence-corrected chi connectivity index (χ3v) is 5.14. The molecule has 0 radical (unpaired) electrons. The van der Waals surface area contributed by atoms with Gasteiger partial charge in [-0.2, -0.15) is 0 Å². The number of carbonyl (C=O) groups excluding carboxylic acids is 2. The molecule has 4 aliphatic rings. The summed E-state index contributed by atoms with van der Waals surface area (Å²) in [7, 11) is 0. The molecule has 6 atom stereocenters. The predicted octanol–water partition coefficient (Wildman–Crippen LogP) is 2.56. The molecule has 4 rings (SSSR count). The minimum atomic E-state index is -0.264. The number of fused-ring (bicyclic) bond motifs is 6. The smallest absolute Gasteiger partial charge is 0.317 e. The van der Waals surface area contributed by atoms with Gasteiger partial charge >= 0.3 is 11.9 Å². The van der Waals surface area contributed by atoms with Gasteiger partial charge in [-0.1, -0.05) is 26.0 Å². The lowest BCUT2D eigenvalue weighted by Gasteiger charge is -2.36. The molecule has 1 heterocycles. The van der Waals surface area contributed by atoms with Crippen molar-refractivity contribution in [3.05, 3.63) is 12.2 Å². The molecular formula is C15H20O3. The standard InChI is InChI=1S/C13H14O3.C2H6/c14-12-10-4-8-6-1-2-7(3-6)9(8)5-11(10)13(15)16-12;1-2/h1-2,6-11H,3-5H2;1-2H3. The Morgan fingerprint density at radius 2 is 1.33 bits per heavy atom. The van der Waals surface area contributed by atoms with Crippen molar-refractivity contribution < 1.29 is 14.3 Å². The SMILES string of the molecule is CC.O=C1OC(=O)C2CC3C4C=CC(C4)C3CC12. The summed E-state index contributed by atoms with van der Waals surface area (Å²) in [5.74, 6) is 1.83. The summed E-state index contributed by atoms with van der Waals surface area (Å²) in [6.07, 6.45) is 7.64. The van der Waals surface area contributed by atoms with Crippen molar-refractivity contribution >= 4 is 11.9 Å². The van der Waals surface area contributed by atoms with Gasteiger partial charge in [-0.15, -0.1) is 0 Å². The Morgan fingerprint density at radius 1 is 0.889 bits per heavy atom. The molecule has 0 aromatic heterocycles. The molecule has 98 valence electrons. The van der Waals surface area contributed by atoms with E-state index in [-0.39, 0.29) is 23.8 Å². The van der Waals surface area contributed by atoms with Gasteiger partial charge in [-0.05, 0) is 42.9 Å². The number of hydrogen-bond donors (Lipinski definition) is 0. The maximum Gasteiger partial charge on any atom is 0.317 e. The lowest BCUT2D eigenvalue weighted by molar-refractivity contribution is -0.153. The zero-order chi connectivity index (χ0) is 12.9. The fourth-order valence-corrected chi connectivity index (χ4v) is 4.41. The van der Waals surface area contributed by atoms with E-state index < -0.39 is 0 Å². The fraction of sp³-hybridized carbons (Fsp3) is 0.733. The molecule has 18 heavy (non-hydrogen) atoms. The van der Waals surface area contributed by atoms with Crippen molar-refractivity contribution in [2.24, 2.45) is 35.5 Å². The van der Waals surface area contributed by atoms with Gasteiger partial charge in [-0.3, -0.25) is 9.59 Å². The predicted molar refractivity (Wildman–Crippen MR) is 66.4 cm³/mol. The Bertz CT molecular complexity index is 376. The largest absolute Gasteiger partial charge is 0.393 e. The summed E-state index contributed by atoms with van der Waals surface area (Å²) < 4.78 is 4.77. The second kappa shape index (κ2) is 4.22. The van der Waals surface area contributed by atoms with Gasteiger partial charge < -0.3 is 4.74 Å². The van der Waals surface area contributed by atoms with Crippen molar-refractivity contribution in [3.63, 3.8) is 0 Å². The first-order valence-electron chi connectivity index (χ1n) is 7.18. The quantitative estimate of drug-likeness (QED) is 0.376. The third-order valence-electron chi connectivity index (χ3n) is 5.14. The van der Waals surface area contributed by atoms with Crippen LogP contribution in [0.15, 0.2) is 12.2 Å². The number of hydrogen-bond acceptors (Lipinski definition) is 3. The first-order valence-corrected chi connectivity index (χ1v) is 7.18. The highest BCUT2D eigenvalue weighted by Crippen LogP contribution is 2.57. The lowest BCUT2D eigenvalue weighted by Crippen LogP contribution is -2.35. The number of rotatable bonds is 0. The molecule has 0 amide bonds. The van der Waals surface area contributed by atoms with Crippen LogP contribution in [0.1, 0.15) is 33.1 Å². The average Bonchev–Trinajstić information content (AvgIpc) is 3.06. The average molecular weight is 248 g/mol. The summed E-state index contributed by atoms with van der Waals surface area (Å²) in [5, 5.41) is 0. The molecule has 6 unspecified atom stereocenters. The minimum Gasteiger partial charge on any atom is -0.393 e. The number of ether oxygens (including phenoxy) is 1. The highest BCUT2D eigenvalue weighted by molar-refractivity contribution is 5.96. The molecule has 1 saturated heterocycles. The Balaban J connectivity index is 0.000000478. The third kappa shape index (κ3) is 1.49. The molecule has 0 aromatic rings. The molecule has 0 N–H and O–H groups in total. The lowest BCUT2D eigenvalue weighted by atomic mass is 9.65. The summed E-state index contributed by atoms with van der Waals surface area (Å²) in [6, 6.07) is 0. The summed E-state index contributed by atoms with van der Waals surface area (Å²) in [4.78, 5) is 23.1. The highest BCUT2D eigenvalue weighted by Gasteiger charge is 2.56. The van der Waals surface area contributed by atoms with Crippen LogP contribution < -0.4 is 0 Å². The van der Waals surface area contributed by atoms with Crippen molar-refractivity contribution in [2.45, 2.75) is 33.1 Å². The van der Waals surface area contributed by atoms with Crippen LogP contribution in [-0.4, -0.2) is 11.9 Å². The van der Waals surface area contributed by atoms with E-state index in [0.717, 1.165) is 12.8 Å². The summed E-state index contributed by atoms with van der Waals surface area (Å²) >= 11 is 0. The van der Waals surface area contributed by atoms with Gasteiger partial charge in [0, 0.05) is 0 Å². The molecule has 3 aliphatic carbocycles. The second-order valence-electron chi connectivity index (χ2n) is 5.70. The minimum absolute atomic E-state index is 0.124. The monoisotopic (exact) mass is 248 g/mol. The highest BCUT2D eigenvalue weighted by atomic mass is 16.6. The molecule has 1 aliphatic heterocycles. The van der Waals surface area contributed by atoms with E-state index in [1.807, 2.05) is 13.8 Å². The maximum absolute atomic E-state index is 11.6. The number of carbonyl (C=O) groups is 2. The van der Waals surface area contributed by atoms with E-state index in [0.29, 0.717) is 23.7 Å². The van der Waals surface area contributed by atoms with Gasteiger partial charge in [0.1, 0.15) is 0 Å². The van der Waals surface area contributed by atoms with Crippen LogP contribution in [0.5, 0.6) is 0 Å². The van der Waals surface area contributed by atoms with Crippen LogP contribution >= 0.6 is 0 Å². The number of esters is 2. The normalized spacial score (nSPS) is 47.2. The molecule has 0 aromatic carbocycles. The first-order chi connectivity index (χ1) is 8.74. The van der Waals surface area contributed by atoms with Crippen LogP contribution in [0.2, 0.25) is 0 Å². The maximum atomic E-state index is 11.6. The molecule has 3 fully saturated rings. The van der Waals surface area contributed by atoms with Gasteiger partial charge in [0.2, 0.25) is 0 Å². The van der Waals surface area contributed by atoms with E-state index in [9.17, 15) is 9.59 Å². The summed E-state index contributed by atoms with van der Waals surface area (Å²) in [5.41, 5.74) is 0. The molecule has 0 spiro atoms. The fourth-order valence-electron chi connectivity index (χ4n) is 4.41. The van der Waals surface area contributed by atoms with Gasteiger partial charge in [0.05, 0.1) is 11.8 Å². The van der Waals surface area contributed by atoms with E-state index >= 15 is 0 Å². The van der Waals surface area contributed by atoms with Crippen LogP contribution in [0.4, 0.5) is 0 Å². The van der Waals surface area contributed by atoms with Crippen LogP contribution in [0.25, 0.3) is 0 Å². The van der Waals surface area contributed by atoms with E-state index in [2.05, 4.69) is 12.2 Å². The Labute approximate surface area is 108 Å². The summed E-state index contributed by atoms with van der Waals surface area (Å²) in [6.45, 7) is 4.00. The Morgan fingerprint density at radius 3 is 1.78 bits per heavy atom. The number of allylic oxidation sites excluding steroid dienone is 2. The second-order valence-corrected chi connectivity index (χ2v) is 5.70. The van der Waals surface area contributed by atoms with Crippen molar-refractivity contribution in [1.82, 2.24) is 0 Å². The topological polar surface area (TPSA) is 43.4 Å². The van der Waals surface area contributed by atoms with Crippen molar-refractivity contribution in [1.29, 1.82) is 0 Å². The molecule has 3 nitrogen and oxygen atoms in total. The van der Waals surface area contributed by atoms with Gasteiger partial charge in [-0.25, -0.2) is 0 Å². The molecule has 2 bridgehead atoms. The van der Waals surface area contributed by atoms with Gasteiger partial charge in [0.15, 0.2) is 0 Å².